The summed E-state index contributed by atoms with van der Waals surface area (Å²) >= 11 is 0. The van der Waals surface area contributed by atoms with Crippen molar-refractivity contribution in [2.45, 2.75) is 90.4 Å². The van der Waals surface area contributed by atoms with E-state index in [1.165, 1.54) is 83.5 Å². The summed E-state index contributed by atoms with van der Waals surface area (Å²) < 4.78 is 0. The van der Waals surface area contributed by atoms with Crippen molar-refractivity contribution in [2.75, 3.05) is 0 Å². The summed E-state index contributed by atoms with van der Waals surface area (Å²) in [7, 11) is 0. The maximum absolute atomic E-state index is 2.49. The molecule has 2 fully saturated rings. The average molecular weight is 234 g/mol. The molecule has 98 valence electrons. The normalized spacial score (nSPS) is 31.2. The summed E-state index contributed by atoms with van der Waals surface area (Å²) in [6.07, 6.45) is 19.0. The van der Waals surface area contributed by atoms with Crippen molar-refractivity contribution in [3.05, 3.63) is 11.8 Å². The minimum absolute atomic E-state index is 0.893. The molecule has 0 aromatic heterocycles. The van der Waals surface area contributed by atoms with Crippen molar-refractivity contribution in [2.24, 2.45) is 5.92 Å². The second kappa shape index (κ2) is 7.44. The second-order valence-electron chi connectivity index (χ2n) is 6.25. The third-order valence-corrected chi connectivity index (χ3v) is 4.84. The Morgan fingerprint density at radius 2 is 1.18 bits per heavy atom. The molecular formula is C17H30. The zero-order valence-electron chi connectivity index (χ0n) is 11.8. The fraction of sp³-hybridized carbons (Fsp3) is 0.882. The van der Waals surface area contributed by atoms with E-state index in [1.54, 1.807) is 0 Å². The highest BCUT2D eigenvalue weighted by molar-refractivity contribution is 5.19. The summed E-state index contributed by atoms with van der Waals surface area (Å²) in [5.41, 5.74) is 0. The van der Waals surface area contributed by atoms with Crippen LogP contribution in [0.2, 0.25) is 0 Å². The van der Waals surface area contributed by atoms with Gasteiger partial charge in [-0.2, -0.15) is 0 Å². The van der Waals surface area contributed by atoms with Crippen LogP contribution in [0.25, 0.3) is 0 Å². The van der Waals surface area contributed by atoms with Gasteiger partial charge in [0.15, 0.2) is 0 Å². The summed E-state index contributed by atoms with van der Waals surface area (Å²) in [6.45, 7) is 2.49. The molecule has 0 spiro atoms. The third-order valence-electron chi connectivity index (χ3n) is 4.84. The lowest BCUT2D eigenvalue weighted by molar-refractivity contribution is 0.400. The van der Waals surface area contributed by atoms with Gasteiger partial charge in [0.25, 0.3) is 0 Å². The van der Waals surface area contributed by atoms with Gasteiger partial charge in [-0.25, -0.2) is 0 Å². The third kappa shape index (κ3) is 4.30. The van der Waals surface area contributed by atoms with Crippen LogP contribution in [0, 0.1) is 17.8 Å². The molecule has 0 aromatic rings. The molecule has 0 heterocycles. The molecule has 0 bridgehead atoms. The van der Waals surface area contributed by atoms with Crippen LogP contribution in [0.15, 0.2) is 0 Å². The fourth-order valence-corrected chi connectivity index (χ4v) is 3.72. The first-order valence-corrected chi connectivity index (χ1v) is 8.08. The Morgan fingerprint density at radius 1 is 0.647 bits per heavy atom. The van der Waals surface area contributed by atoms with Gasteiger partial charge in [0, 0.05) is 0 Å². The zero-order chi connectivity index (χ0) is 11.9. The van der Waals surface area contributed by atoms with Gasteiger partial charge in [-0.15, -0.1) is 0 Å². The lowest BCUT2D eigenvalue weighted by atomic mass is 9.71. The van der Waals surface area contributed by atoms with Gasteiger partial charge in [0.05, 0.1) is 0 Å². The highest BCUT2D eigenvalue weighted by Gasteiger charge is 2.28. The molecule has 0 nitrogen and oxygen atoms in total. The summed E-state index contributed by atoms with van der Waals surface area (Å²) in [5.74, 6) is 4.68. The Balaban J connectivity index is 1.90. The largest absolute Gasteiger partial charge is 0.0619 e. The predicted octanol–water partition coefficient (Wildman–Crippen LogP) is 5.87. The SMILES string of the molecule is CC1CCCCCC[C]1[C]1CCCCCCC1. The molecule has 1 atom stereocenters. The fourth-order valence-electron chi connectivity index (χ4n) is 3.72. The van der Waals surface area contributed by atoms with Gasteiger partial charge in [0.2, 0.25) is 0 Å². The molecule has 2 aliphatic rings. The minimum atomic E-state index is 0.893. The minimum Gasteiger partial charge on any atom is -0.0619 e. The van der Waals surface area contributed by atoms with E-state index in [0.29, 0.717) is 0 Å². The van der Waals surface area contributed by atoms with E-state index in [-0.39, 0.29) is 0 Å². The van der Waals surface area contributed by atoms with Crippen LogP contribution in [-0.4, -0.2) is 0 Å². The lowest BCUT2D eigenvalue weighted by Crippen LogP contribution is -2.20. The first-order chi connectivity index (χ1) is 8.38. The number of hydrogen-bond donors (Lipinski definition) is 0. The van der Waals surface area contributed by atoms with Crippen LogP contribution in [0.5, 0.6) is 0 Å². The Hall–Kier alpha value is 0. The van der Waals surface area contributed by atoms with Crippen molar-refractivity contribution < 1.29 is 0 Å². The van der Waals surface area contributed by atoms with Gasteiger partial charge in [-0.05, 0) is 37.0 Å². The molecule has 2 saturated carbocycles. The highest BCUT2D eigenvalue weighted by Crippen LogP contribution is 2.41. The van der Waals surface area contributed by atoms with Gasteiger partial charge in [0.1, 0.15) is 0 Å². The molecule has 2 aliphatic carbocycles. The first kappa shape index (κ1) is 13.4. The molecule has 17 heavy (non-hydrogen) atoms. The molecule has 2 rings (SSSR count). The zero-order valence-corrected chi connectivity index (χ0v) is 11.8. The maximum atomic E-state index is 2.49. The summed E-state index contributed by atoms with van der Waals surface area (Å²) in [6, 6.07) is 0. The van der Waals surface area contributed by atoms with Gasteiger partial charge < -0.3 is 0 Å². The average Bonchev–Trinajstić information content (AvgIpc) is 2.26. The molecule has 0 heteroatoms. The monoisotopic (exact) mass is 234 g/mol. The quantitative estimate of drug-likeness (QED) is 0.532. The van der Waals surface area contributed by atoms with Crippen LogP contribution in [0.3, 0.4) is 0 Å². The number of hydrogen-bond acceptors (Lipinski definition) is 0. The Morgan fingerprint density at radius 3 is 1.88 bits per heavy atom. The molecule has 1 unspecified atom stereocenters. The van der Waals surface area contributed by atoms with Crippen molar-refractivity contribution in [1.29, 1.82) is 0 Å². The molecule has 0 N–H and O–H groups in total. The van der Waals surface area contributed by atoms with Crippen LogP contribution >= 0.6 is 0 Å². The Kier molecular flexibility index (Phi) is 5.88. The number of rotatable bonds is 1. The van der Waals surface area contributed by atoms with E-state index in [4.69, 9.17) is 0 Å². The molecule has 2 radical (unpaired) electrons. The molecule has 0 saturated heterocycles. The van der Waals surface area contributed by atoms with E-state index in [0.717, 1.165) is 5.92 Å². The van der Waals surface area contributed by atoms with E-state index < -0.39 is 0 Å². The van der Waals surface area contributed by atoms with Gasteiger partial charge in [-0.3, -0.25) is 0 Å². The maximum Gasteiger partial charge on any atom is -0.0145 e. The lowest BCUT2D eigenvalue weighted by Gasteiger charge is -2.33. The predicted molar refractivity (Wildman–Crippen MR) is 75.7 cm³/mol. The van der Waals surface area contributed by atoms with Crippen LogP contribution < -0.4 is 0 Å². The van der Waals surface area contributed by atoms with E-state index in [1.807, 2.05) is 11.8 Å². The van der Waals surface area contributed by atoms with Crippen molar-refractivity contribution in [1.82, 2.24) is 0 Å². The highest BCUT2D eigenvalue weighted by atomic mass is 14.3. The van der Waals surface area contributed by atoms with Gasteiger partial charge in [-0.1, -0.05) is 71.1 Å². The van der Waals surface area contributed by atoms with Gasteiger partial charge >= 0.3 is 0 Å². The molecule has 0 aliphatic heterocycles. The van der Waals surface area contributed by atoms with Crippen LogP contribution in [0.4, 0.5) is 0 Å². The van der Waals surface area contributed by atoms with Crippen LogP contribution in [-0.2, 0) is 0 Å². The molecule has 0 amide bonds. The standard InChI is InChI=1S/C17H30/c1-15-11-7-5-6-10-14-17(15)16-12-8-3-2-4-9-13-16/h15H,2-14H2,1H3. The Labute approximate surface area is 109 Å². The van der Waals surface area contributed by atoms with E-state index >= 15 is 0 Å². The van der Waals surface area contributed by atoms with Crippen molar-refractivity contribution in [3.8, 4) is 0 Å². The van der Waals surface area contributed by atoms with Crippen molar-refractivity contribution >= 4 is 0 Å². The second-order valence-corrected chi connectivity index (χ2v) is 6.25. The molecular weight excluding hydrogens is 204 g/mol. The molecule has 0 aromatic carbocycles. The Bertz CT molecular complexity index is 188. The van der Waals surface area contributed by atoms with E-state index in [2.05, 4.69) is 6.92 Å². The van der Waals surface area contributed by atoms with Crippen molar-refractivity contribution in [3.63, 3.8) is 0 Å². The first-order valence-electron chi connectivity index (χ1n) is 8.08. The smallest absolute Gasteiger partial charge is 0.0145 e. The summed E-state index contributed by atoms with van der Waals surface area (Å²) in [4.78, 5) is 0. The van der Waals surface area contributed by atoms with Crippen LogP contribution in [0.1, 0.15) is 90.4 Å². The topological polar surface area (TPSA) is 0 Å². The van der Waals surface area contributed by atoms with E-state index in [9.17, 15) is 0 Å². The summed E-state index contributed by atoms with van der Waals surface area (Å²) in [5, 5.41) is 0.